The van der Waals surface area contributed by atoms with Crippen molar-refractivity contribution in [3.8, 4) is 33.5 Å². The SMILES string of the molecule is Clc1ccc(Nc2nc3ccc(Br)cc3c(-c3ccccc3)c2-c2cc(-c3ccccc3)c3cc(Br)ccc3n2)cc1. The molecule has 0 bridgehead atoms. The van der Waals surface area contributed by atoms with Crippen LogP contribution < -0.4 is 5.32 Å². The van der Waals surface area contributed by atoms with Gasteiger partial charge in [-0.1, -0.05) is 104 Å². The van der Waals surface area contributed by atoms with E-state index in [4.69, 9.17) is 21.6 Å². The Labute approximate surface area is 265 Å². The maximum atomic E-state index is 6.22. The van der Waals surface area contributed by atoms with Gasteiger partial charge in [0.1, 0.15) is 5.82 Å². The van der Waals surface area contributed by atoms with E-state index in [1.165, 1.54) is 0 Å². The van der Waals surface area contributed by atoms with Crippen molar-refractivity contribution in [3.05, 3.63) is 141 Å². The first kappa shape index (κ1) is 26.8. The Bertz CT molecular complexity index is 2080. The maximum Gasteiger partial charge on any atom is 0.141 e. The van der Waals surface area contributed by atoms with Crippen molar-refractivity contribution in [1.82, 2.24) is 9.97 Å². The van der Waals surface area contributed by atoms with Crippen molar-refractivity contribution in [3.63, 3.8) is 0 Å². The number of anilines is 2. The Hall–Kier alpha value is -4.03. The quantitative estimate of drug-likeness (QED) is 0.195. The molecule has 7 aromatic rings. The lowest BCUT2D eigenvalue weighted by Gasteiger charge is -2.20. The van der Waals surface area contributed by atoms with Gasteiger partial charge in [-0.15, -0.1) is 0 Å². The van der Waals surface area contributed by atoms with Crippen molar-refractivity contribution >= 4 is 76.8 Å². The first-order chi connectivity index (χ1) is 20.5. The monoisotopic (exact) mass is 689 g/mol. The first-order valence-electron chi connectivity index (χ1n) is 13.4. The molecule has 0 spiro atoms. The number of aromatic nitrogens is 2. The Morgan fingerprint density at radius 2 is 1.14 bits per heavy atom. The number of nitrogens with zero attached hydrogens (tertiary/aromatic N) is 2. The third-order valence-electron chi connectivity index (χ3n) is 7.23. The average Bonchev–Trinajstić information content (AvgIpc) is 3.02. The number of hydrogen-bond acceptors (Lipinski definition) is 3. The Morgan fingerprint density at radius 1 is 0.548 bits per heavy atom. The summed E-state index contributed by atoms with van der Waals surface area (Å²) < 4.78 is 1.99. The molecule has 0 amide bonds. The fourth-order valence-electron chi connectivity index (χ4n) is 5.33. The number of rotatable bonds is 5. The molecule has 6 heteroatoms. The molecule has 0 unspecified atom stereocenters. The van der Waals surface area contributed by atoms with Crippen LogP contribution in [-0.4, -0.2) is 9.97 Å². The van der Waals surface area contributed by atoms with E-state index < -0.39 is 0 Å². The number of nitrogens with one attached hydrogen (secondary N) is 1. The van der Waals surface area contributed by atoms with Crippen LogP contribution in [0.25, 0.3) is 55.3 Å². The van der Waals surface area contributed by atoms with E-state index >= 15 is 0 Å². The summed E-state index contributed by atoms with van der Waals surface area (Å²) in [6, 6.07) is 43.2. The lowest BCUT2D eigenvalue weighted by atomic mass is 9.91. The molecule has 7 rings (SSSR count). The van der Waals surface area contributed by atoms with E-state index in [0.717, 1.165) is 69.9 Å². The van der Waals surface area contributed by atoms with Gasteiger partial charge in [-0.3, -0.25) is 0 Å². The zero-order chi connectivity index (χ0) is 28.6. The molecule has 2 aromatic heterocycles. The number of fused-ring (bicyclic) bond motifs is 2. The second-order valence-corrected chi connectivity index (χ2v) is 12.2. The van der Waals surface area contributed by atoms with Gasteiger partial charge in [-0.2, -0.15) is 0 Å². The summed E-state index contributed by atoms with van der Waals surface area (Å²) in [5.74, 6) is 0.717. The molecule has 5 aromatic carbocycles. The van der Waals surface area contributed by atoms with E-state index in [1.807, 2.05) is 54.6 Å². The molecule has 202 valence electrons. The molecule has 0 saturated carbocycles. The molecule has 0 aliphatic heterocycles. The van der Waals surface area contributed by atoms with Crippen LogP contribution in [0.2, 0.25) is 5.02 Å². The second kappa shape index (κ2) is 11.3. The van der Waals surface area contributed by atoms with E-state index in [0.29, 0.717) is 10.8 Å². The van der Waals surface area contributed by atoms with Gasteiger partial charge < -0.3 is 5.32 Å². The molecule has 0 saturated heterocycles. The van der Waals surface area contributed by atoms with Gasteiger partial charge in [0.25, 0.3) is 0 Å². The van der Waals surface area contributed by atoms with E-state index in [2.05, 4.69) is 110 Å². The molecule has 0 radical (unpaired) electrons. The van der Waals surface area contributed by atoms with E-state index in [1.54, 1.807) is 0 Å². The molecular weight excluding hydrogens is 670 g/mol. The zero-order valence-electron chi connectivity index (χ0n) is 22.2. The Balaban J connectivity index is 1.60. The standard InChI is InChI=1S/C36H22Br2ClN3/c37-24-11-17-31-29(19-24)28(22-7-3-1-4-8-22)21-33(41-31)35-34(23-9-5-2-6-10-23)30-20-25(38)12-18-32(30)42-36(35)40-27-15-13-26(39)14-16-27/h1-21H,(H,40,42). The summed E-state index contributed by atoms with van der Waals surface area (Å²) in [5.41, 5.74) is 8.77. The highest BCUT2D eigenvalue weighted by Gasteiger charge is 2.22. The molecule has 0 aliphatic rings. The van der Waals surface area contributed by atoms with Crippen molar-refractivity contribution in [2.45, 2.75) is 0 Å². The summed E-state index contributed by atoms with van der Waals surface area (Å²) in [5, 5.41) is 6.39. The Kier molecular flexibility index (Phi) is 7.24. The molecular formula is C36H22Br2ClN3. The summed E-state index contributed by atoms with van der Waals surface area (Å²) in [6.07, 6.45) is 0. The highest BCUT2D eigenvalue weighted by Crippen LogP contribution is 2.44. The van der Waals surface area contributed by atoms with Crippen molar-refractivity contribution < 1.29 is 0 Å². The van der Waals surface area contributed by atoms with Gasteiger partial charge in [0.05, 0.1) is 22.3 Å². The van der Waals surface area contributed by atoms with Gasteiger partial charge in [0.2, 0.25) is 0 Å². The predicted octanol–water partition coefficient (Wildman–Crippen LogP) is 11.7. The van der Waals surface area contributed by atoms with Gasteiger partial charge in [0, 0.05) is 36.0 Å². The van der Waals surface area contributed by atoms with Crippen LogP contribution in [0.5, 0.6) is 0 Å². The molecule has 0 aliphatic carbocycles. The summed E-state index contributed by atoms with van der Waals surface area (Å²) in [4.78, 5) is 10.5. The minimum atomic E-state index is 0.678. The molecule has 1 N–H and O–H groups in total. The van der Waals surface area contributed by atoms with Crippen molar-refractivity contribution in [2.75, 3.05) is 5.32 Å². The summed E-state index contributed by atoms with van der Waals surface area (Å²) >= 11 is 13.6. The molecule has 2 heterocycles. The average molecular weight is 692 g/mol. The minimum absolute atomic E-state index is 0.678. The first-order valence-corrected chi connectivity index (χ1v) is 15.4. The highest BCUT2D eigenvalue weighted by atomic mass is 79.9. The van der Waals surface area contributed by atoms with Crippen LogP contribution in [0.15, 0.2) is 136 Å². The minimum Gasteiger partial charge on any atom is -0.340 e. The van der Waals surface area contributed by atoms with Crippen LogP contribution in [0, 0.1) is 0 Å². The third kappa shape index (κ3) is 5.20. The predicted molar refractivity (Wildman–Crippen MR) is 183 cm³/mol. The molecule has 3 nitrogen and oxygen atoms in total. The fraction of sp³-hybridized carbons (Fsp3) is 0. The number of benzene rings is 5. The van der Waals surface area contributed by atoms with E-state index in [-0.39, 0.29) is 0 Å². The van der Waals surface area contributed by atoms with E-state index in [9.17, 15) is 0 Å². The fourth-order valence-corrected chi connectivity index (χ4v) is 6.18. The lowest BCUT2D eigenvalue weighted by molar-refractivity contribution is 1.33. The zero-order valence-corrected chi connectivity index (χ0v) is 26.1. The normalized spacial score (nSPS) is 11.2. The number of hydrogen-bond donors (Lipinski definition) is 1. The smallest absolute Gasteiger partial charge is 0.141 e. The molecule has 0 atom stereocenters. The summed E-state index contributed by atoms with van der Waals surface area (Å²) in [7, 11) is 0. The van der Waals surface area contributed by atoms with Crippen molar-refractivity contribution in [1.29, 1.82) is 0 Å². The van der Waals surface area contributed by atoms with Crippen LogP contribution in [0.3, 0.4) is 0 Å². The van der Waals surface area contributed by atoms with Gasteiger partial charge in [0.15, 0.2) is 0 Å². The van der Waals surface area contributed by atoms with Gasteiger partial charge in [-0.25, -0.2) is 9.97 Å². The largest absolute Gasteiger partial charge is 0.340 e. The Morgan fingerprint density at radius 3 is 1.81 bits per heavy atom. The van der Waals surface area contributed by atoms with Crippen LogP contribution in [-0.2, 0) is 0 Å². The third-order valence-corrected chi connectivity index (χ3v) is 8.47. The second-order valence-electron chi connectivity index (χ2n) is 9.95. The molecule has 0 fully saturated rings. The molecule has 42 heavy (non-hydrogen) atoms. The number of halogens is 3. The van der Waals surface area contributed by atoms with Crippen LogP contribution >= 0.6 is 43.5 Å². The topological polar surface area (TPSA) is 37.8 Å². The van der Waals surface area contributed by atoms with Crippen molar-refractivity contribution in [2.24, 2.45) is 0 Å². The lowest BCUT2D eigenvalue weighted by Crippen LogP contribution is -2.02. The van der Waals surface area contributed by atoms with Crippen LogP contribution in [0.4, 0.5) is 11.5 Å². The van der Waals surface area contributed by atoms with Gasteiger partial charge in [-0.05, 0) is 83.4 Å². The number of pyridine rings is 2. The summed E-state index contributed by atoms with van der Waals surface area (Å²) in [6.45, 7) is 0. The highest BCUT2D eigenvalue weighted by molar-refractivity contribution is 9.10. The maximum absolute atomic E-state index is 6.22. The van der Waals surface area contributed by atoms with Gasteiger partial charge >= 0.3 is 0 Å². The van der Waals surface area contributed by atoms with Crippen LogP contribution in [0.1, 0.15) is 0 Å².